The van der Waals surface area contributed by atoms with Crippen LogP contribution in [0.25, 0.3) is 0 Å². The van der Waals surface area contributed by atoms with Gasteiger partial charge in [0, 0.05) is 29.7 Å². The summed E-state index contributed by atoms with van der Waals surface area (Å²) < 4.78 is 11.5. The number of aryl methyl sites for hydroxylation is 1. The highest BCUT2D eigenvalue weighted by Crippen LogP contribution is 2.35. The molecule has 7 heteroatoms. The van der Waals surface area contributed by atoms with Gasteiger partial charge in [0.2, 0.25) is 0 Å². The zero-order valence-electron chi connectivity index (χ0n) is 15.6. The average Bonchev–Trinajstić information content (AvgIpc) is 2.98. The number of amides is 1. The van der Waals surface area contributed by atoms with Crippen molar-refractivity contribution < 1.29 is 19.2 Å². The maximum absolute atomic E-state index is 12.6. The fraction of sp³-hybridized carbons (Fsp3) is 0.350. The third-order valence-corrected chi connectivity index (χ3v) is 4.48. The number of carbonyl (C=O) groups is 1. The first kappa shape index (κ1) is 18.7. The minimum absolute atomic E-state index is 0.0454. The lowest BCUT2D eigenvalue weighted by atomic mass is 10.1. The number of ether oxygens (including phenoxy) is 2. The molecule has 7 nitrogen and oxygen atoms in total. The minimum atomic E-state index is -0.527. The summed E-state index contributed by atoms with van der Waals surface area (Å²) >= 11 is 0. The first-order chi connectivity index (χ1) is 12.9. The minimum Gasteiger partial charge on any atom is -0.494 e. The van der Waals surface area contributed by atoms with Crippen LogP contribution in [0.5, 0.6) is 11.5 Å². The van der Waals surface area contributed by atoms with Crippen molar-refractivity contribution in [2.75, 3.05) is 6.61 Å². The first-order valence-corrected chi connectivity index (χ1v) is 8.88. The largest absolute Gasteiger partial charge is 0.494 e. The number of para-hydroxylation sites is 1. The van der Waals surface area contributed by atoms with E-state index < -0.39 is 10.8 Å². The lowest BCUT2D eigenvalue weighted by Crippen LogP contribution is -2.24. The Kier molecular flexibility index (Phi) is 5.30. The van der Waals surface area contributed by atoms with Gasteiger partial charge in [-0.15, -0.1) is 0 Å². The quantitative estimate of drug-likeness (QED) is 0.620. The monoisotopic (exact) mass is 370 g/mol. The molecular weight excluding hydrogens is 348 g/mol. The fourth-order valence-electron chi connectivity index (χ4n) is 3.26. The van der Waals surface area contributed by atoms with Crippen molar-refractivity contribution in [1.82, 2.24) is 5.32 Å². The maximum Gasteiger partial charge on any atom is 0.285 e. The highest BCUT2D eigenvalue weighted by atomic mass is 16.6. The Bertz CT molecular complexity index is 894. The fourth-order valence-corrected chi connectivity index (χ4v) is 3.26. The van der Waals surface area contributed by atoms with E-state index in [-0.39, 0.29) is 23.9 Å². The molecule has 1 aliphatic rings. The van der Waals surface area contributed by atoms with Crippen molar-refractivity contribution in [3.63, 3.8) is 0 Å². The number of rotatable bonds is 6. The van der Waals surface area contributed by atoms with Crippen LogP contribution in [0.15, 0.2) is 30.3 Å². The molecule has 1 N–H and O–H groups in total. The van der Waals surface area contributed by atoms with Crippen molar-refractivity contribution in [3.8, 4) is 11.5 Å². The van der Waals surface area contributed by atoms with Gasteiger partial charge in [-0.25, -0.2) is 0 Å². The van der Waals surface area contributed by atoms with Crippen LogP contribution in [0.1, 0.15) is 40.9 Å². The third-order valence-electron chi connectivity index (χ3n) is 4.48. The summed E-state index contributed by atoms with van der Waals surface area (Å²) in [5.74, 6) is 0.979. The summed E-state index contributed by atoms with van der Waals surface area (Å²) in [6, 6.07) is 8.51. The predicted molar refractivity (Wildman–Crippen MR) is 100 cm³/mol. The molecule has 0 aliphatic carbocycles. The van der Waals surface area contributed by atoms with E-state index in [4.69, 9.17) is 9.47 Å². The Labute approximate surface area is 157 Å². The molecule has 1 atom stereocenters. The molecule has 3 rings (SSSR count). The van der Waals surface area contributed by atoms with Crippen molar-refractivity contribution in [1.29, 1.82) is 0 Å². The number of hydrogen-bond donors (Lipinski definition) is 1. The van der Waals surface area contributed by atoms with Crippen LogP contribution in [0.4, 0.5) is 5.69 Å². The Morgan fingerprint density at radius 2 is 2.19 bits per heavy atom. The average molecular weight is 370 g/mol. The maximum atomic E-state index is 12.6. The molecule has 1 heterocycles. The molecule has 2 aromatic carbocycles. The van der Waals surface area contributed by atoms with Gasteiger partial charge >= 0.3 is 0 Å². The van der Waals surface area contributed by atoms with Crippen molar-refractivity contribution in [2.45, 2.75) is 39.8 Å². The molecular formula is C20H22N2O5. The molecule has 0 unspecified atom stereocenters. The molecule has 2 aromatic rings. The highest BCUT2D eigenvalue weighted by molar-refractivity contribution is 5.98. The molecule has 0 radical (unpaired) electrons. The van der Waals surface area contributed by atoms with Gasteiger partial charge in [0.1, 0.15) is 23.2 Å². The Morgan fingerprint density at radius 1 is 1.41 bits per heavy atom. The van der Waals surface area contributed by atoms with Crippen LogP contribution in [-0.4, -0.2) is 23.5 Å². The smallest absolute Gasteiger partial charge is 0.285 e. The van der Waals surface area contributed by atoms with E-state index in [9.17, 15) is 14.9 Å². The van der Waals surface area contributed by atoms with Crippen molar-refractivity contribution in [2.24, 2.45) is 0 Å². The number of nitrogens with one attached hydrogen (secondary N) is 1. The number of benzene rings is 2. The predicted octanol–water partition coefficient (Wildman–Crippen LogP) is 3.56. The van der Waals surface area contributed by atoms with Crippen molar-refractivity contribution >= 4 is 11.6 Å². The molecule has 0 spiro atoms. The van der Waals surface area contributed by atoms with Crippen LogP contribution in [0.3, 0.4) is 0 Å². The second-order valence-corrected chi connectivity index (χ2v) is 6.54. The van der Waals surface area contributed by atoms with Crippen LogP contribution in [0.2, 0.25) is 0 Å². The van der Waals surface area contributed by atoms with Gasteiger partial charge in [-0.3, -0.25) is 14.9 Å². The van der Waals surface area contributed by atoms with Gasteiger partial charge in [0.05, 0.1) is 11.5 Å². The van der Waals surface area contributed by atoms with Crippen LogP contribution >= 0.6 is 0 Å². The molecule has 0 saturated carbocycles. The van der Waals surface area contributed by atoms with Crippen LogP contribution in [0, 0.1) is 17.0 Å². The van der Waals surface area contributed by atoms with Gasteiger partial charge in [-0.2, -0.15) is 0 Å². The van der Waals surface area contributed by atoms with E-state index in [1.165, 1.54) is 6.07 Å². The number of hydrogen-bond acceptors (Lipinski definition) is 5. The van der Waals surface area contributed by atoms with Gasteiger partial charge in [-0.05, 0) is 39.0 Å². The van der Waals surface area contributed by atoms with E-state index >= 15 is 0 Å². The Morgan fingerprint density at radius 3 is 2.89 bits per heavy atom. The van der Waals surface area contributed by atoms with Crippen molar-refractivity contribution in [3.05, 3.63) is 62.7 Å². The SMILES string of the molecule is CCOc1cc2c(cc1CNC(=O)c1cccc(C)c1[N+](=O)[O-])O[C@@H](C)C2. The summed E-state index contributed by atoms with van der Waals surface area (Å²) in [5, 5.41) is 14.1. The Balaban J connectivity index is 1.83. The van der Waals surface area contributed by atoms with E-state index in [2.05, 4.69) is 5.32 Å². The molecule has 0 aromatic heterocycles. The van der Waals surface area contributed by atoms with Gasteiger partial charge < -0.3 is 14.8 Å². The molecule has 0 fully saturated rings. The Hall–Kier alpha value is -3.09. The molecule has 0 saturated heterocycles. The van der Waals surface area contributed by atoms with Gasteiger partial charge in [0.15, 0.2) is 0 Å². The summed E-state index contributed by atoms with van der Waals surface area (Å²) in [4.78, 5) is 23.3. The number of nitro benzene ring substituents is 1. The first-order valence-electron chi connectivity index (χ1n) is 8.88. The van der Waals surface area contributed by atoms with Gasteiger partial charge in [-0.1, -0.05) is 12.1 Å². The normalized spacial score (nSPS) is 15.0. The zero-order chi connectivity index (χ0) is 19.6. The summed E-state index contributed by atoms with van der Waals surface area (Å²) in [6.07, 6.45) is 0.923. The third kappa shape index (κ3) is 3.86. The van der Waals surface area contributed by atoms with Gasteiger partial charge in [0.25, 0.3) is 11.6 Å². The number of carbonyl (C=O) groups excluding carboxylic acids is 1. The highest BCUT2D eigenvalue weighted by Gasteiger charge is 2.24. The molecule has 1 aliphatic heterocycles. The number of nitro groups is 1. The standard InChI is InChI=1S/C20H22N2O5/c1-4-26-17-9-14-8-13(3)27-18(14)10-15(17)11-21-20(23)16-7-5-6-12(2)19(16)22(24)25/h5-7,9-10,13H,4,8,11H2,1-3H3,(H,21,23)/t13-/m0/s1. The molecule has 27 heavy (non-hydrogen) atoms. The zero-order valence-corrected chi connectivity index (χ0v) is 15.6. The lowest BCUT2D eigenvalue weighted by molar-refractivity contribution is -0.385. The van der Waals surface area contributed by atoms with E-state index in [1.54, 1.807) is 19.1 Å². The number of fused-ring (bicyclic) bond motifs is 1. The second-order valence-electron chi connectivity index (χ2n) is 6.54. The number of nitrogens with zero attached hydrogens (tertiary/aromatic N) is 1. The molecule has 0 bridgehead atoms. The van der Waals surface area contributed by atoms with E-state index in [0.717, 1.165) is 23.3 Å². The lowest BCUT2D eigenvalue weighted by Gasteiger charge is -2.13. The summed E-state index contributed by atoms with van der Waals surface area (Å²) in [7, 11) is 0. The van der Waals surface area contributed by atoms with Crippen LogP contribution < -0.4 is 14.8 Å². The summed E-state index contributed by atoms with van der Waals surface area (Å²) in [5.41, 5.74) is 2.17. The molecule has 1 amide bonds. The molecule has 142 valence electrons. The topological polar surface area (TPSA) is 90.7 Å². The second kappa shape index (κ2) is 7.65. The van der Waals surface area contributed by atoms with E-state index in [0.29, 0.717) is 17.9 Å². The summed E-state index contributed by atoms with van der Waals surface area (Å²) in [6.45, 7) is 6.19. The van der Waals surface area contributed by atoms with Crippen LogP contribution in [-0.2, 0) is 13.0 Å². The van der Waals surface area contributed by atoms with E-state index in [1.807, 2.05) is 26.0 Å².